The van der Waals surface area contributed by atoms with Gasteiger partial charge in [0.05, 0.1) is 17.6 Å². The minimum atomic E-state index is 0.802. The van der Waals surface area contributed by atoms with Crippen molar-refractivity contribution < 1.29 is 0 Å². The van der Waals surface area contributed by atoms with Crippen molar-refractivity contribution >= 4 is 16.7 Å². The number of rotatable bonds is 5. The van der Waals surface area contributed by atoms with Gasteiger partial charge in [0.1, 0.15) is 5.82 Å². The summed E-state index contributed by atoms with van der Waals surface area (Å²) in [5.41, 5.74) is 4.75. The Morgan fingerprint density at radius 1 is 1.05 bits per heavy atom. The minimum Gasteiger partial charge on any atom is -0.364 e. The number of benzene rings is 2. The summed E-state index contributed by atoms with van der Waals surface area (Å²) in [5, 5.41) is 0. The second-order valence-electron chi connectivity index (χ2n) is 5.24. The van der Waals surface area contributed by atoms with Gasteiger partial charge in [0.25, 0.3) is 0 Å². The highest BCUT2D eigenvalue weighted by molar-refractivity contribution is 5.76. The maximum absolute atomic E-state index is 4.70. The fourth-order valence-corrected chi connectivity index (χ4v) is 2.61. The molecule has 1 heterocycles. The molecule has 3 aromatic rings. The van der Waals surface area contributed by atoms with Gasteiger partial charge in [-0.3, -0.25) is 0 Å². The third-order valence-corrected chi connectivity index (χ3v) is 3.85. The van der Waals surface area contributed by atoms with Crippen LogP contribution in [0.15, 0.2) is 48.5 Å². The molecule has 0 aliphatic carbocycles. The Hall–Kier alpha value is -2.29. The van der Waals surface area contributed by atoms with Crippen LogP contribution in [0, 0.1) is 0 Å². The van der Waals surface area contributed by atoms with Gasteiger partial charge in [-0.15, -0.1) is 0 Å². The van der Waals surface area contributed by atoms with E-state index in [2.05, 4.69) is 66.2 Å². The Morgan fingerprint density at radius 2 is 1.86 bits per heavy atom. The van der Waals surface area contributed by atoms with Gasteiger partial charge in [-0.05, 0) is 43.2 Å². The molecule has 3 nitrogen and oxygen atoms in total. The molecule has 0 aliphatic heterocycles. The normalized spacial score (nSPS) is 11.0. The Bertz CT molecular complexity index is 716. The van der Waals surface area contributed by atoms with E-state index < -0.39 is 0 Å². The molecule has 0 fully saturated rings. The lowest BCUT2D eigenvalue weighted by Gasteiger charge is -2.21. The van der Waals surface area contributed by atoms with E-state index in [1.807, 2.05) is 6.07 Å². The fraction of sp³-hybridized carbons (Fsp3) is 0.278. The highest BCUT2D eigenvalue weighted by Gasteiger charge is 2.09. The molecule has 0 saturated heterocycles. The SMILES string of the molecule is CCc1ccc2nc(CN(CC)c3ccccc3)[nH]c2c1. The number of anilines is 1. The van der Waals surface area contributed by atoms with Crippen LogP contribution >= 0.6 is 0 Å². The lowest BCUT2D eigenvalue weighted by Crippen LogP contribution is -2.22. The Kier molecular flexibility index (Phi) is 3.91. The average Bonchev–Trinajstić information content (AvgIpc) is 2.94. The van der Waals surface area contributed by atoms with Crippen LogP contribution in [0.25, 0.3) is 11.0 Å². The van der Waals surface area contributed by atoms with Gasteiger partial charge in [0.2, 0.25) is 0 Å². The zero-order chi connectivity index (χ0) is 14.7. The van der Waals surface area contributed by atoms with Crippen molar-refractivity contribution in [3.05, 3.63) is 59.9 Å². The molecule has 1 aromatic heterocycles. The van der Waals surface area contributed by atoms with Gasteiger partial charge in [-0.1, -0.05) is 31.2 Å². The van der Waals surface area contributed by atoms with Gasteiger partial charge in [-0.2, -0.15) is 0 Å². The first-order chi connectivity index (χ1) is 10.3. The van der Waals surface area contributed by atoms with Gasteiger partial charge in [0.15, 0.2) is 0 Å². The fourth-order valence-electron chi connectivity index (χ4n) is 2.61. The molecule has 0 radical (unpaired) electrons. The van der Waals surface area contributed by atoms with Crippen LogP contribution in [0.2, 0.25) is 0 Å². The topological polar surface area (TPSA) is 31.9 Å². The van der Waals surface area contributed by atoms with E-state index >= 15 is 0 Å². The first-order valence-corrected chi connectivity index (χ1v) is 7.57. The summed E-state index contributed by atoms with van der Waals surface area (Å²) in [6, 6.07) is 16.9. The molecular formula is C18H21N3. The Morgan fingerprint density at radius 3 is 2.57 bits per heavy atom. The highest BCUT2D eigenvalue weighted by Crippen LogP contribution is 2.18. The summed E-state index contributed by atoms with van der Waals surface area (Å²) in [6.07, 6.45) is 1.05. The molecule has 0 bridgehead atoms. The van der Waals surface area contributed by atoms with E-state index in [1.165, 1.54) is 11.3 Å². The van der Waals surface area contributed by atoms with Crippen LogP contribution in [0.5, 0.6) is 0 Å². The lowest BCUT2D eigenvalue weighted by molar-refractivity contribution is 0.796. The van der Waals surface area contributed by atoms with E-state index in [4.69, 9.17) is 4.98 Å². The second kappa shape index (κ2) is 6.00. The molecule has 3 heteroatoms. The van der Waals surface area contributed by atoms with Crippen LogP contribution in [0.4, 0.5) is 5.69 Å². The monoisotopic (exact) mass is 279 g/mol. The number of hydrogen-bond donors (Lipinski definition) is 1. The van der Waals surface area contributed by atoms with E-state index in [9.17, 15) is 0 Å². The van der Waals surface area contributed by atoms with Crippen molar-refractivity contribution in [1.82, 2.24) is 9.97 Å². The number of para-hydroxylation sites is 1. The number of fused-ring (bicyclic) bond motifs is 1. The smallest absolute Gasteiger partial charge is 0.126 e. The number of aromatic amines is 1. The predicted octanol–water partition coefficient (Wildman–Crippen LogP) is 4.15. The molecule has 21 heavy (non-hydrogen) atoms. The number of imidazole rings is 1. The van der Waals surface area contributed by atoms with Gasteiger partial charge in [0, 0.05) is 12.2 Å². The van der Waals surface area contributed by atoms with Crippen molar-refractivity contribution in [3.8, 4) is 0 Å². The summed E-state index contributed by atoms with van der Waals surface area (Å²) in [6.45, 7) is 6.11. The number of H-pyrrole nitrogens is 1. The first-order valence-electron chi connectivity index (χ1n) is 7.57. The van der Waals surface area contributed by atoms with Gasteiger partial charge >= 0.3 is 0 Å². The molecule has 0 amide bonds. The zero-order valence-corrected chi connectivity index (χ0v) is 12.6. The standard InChI is InChI=1S/C18H21N3/c1-3-14-10-11-16-17(12-14)20-18(19-16)13-21(4-2)15-8-6-5-7-9-15/h5-12H,3-4,13H2,1-2H3,(H,19,20). The quantitative estimate of drug-likeness (QED) is 0.760. The third kappa shape index (κ3) is 2.92. The van der Waals surface area contributed by atoms with E-state index in [-0.39, 0.29) is 0 Å². The average molecular weight is 279 g/mol. The van der Waals surface area contributed by atoms with Crippen LogP contribution in [-0.2, 0) is 13.0 Å². The van der Waals surface area contributed by atoms with Crippen LogP contribution in [-0.4, -0.2) is 16.5 Å². The minimum absolute atomic E-state index is 0.802. The second-order valence-corrected chi connectivity index (χ2v) is 5.24. The molecule has 0 spiro atoms. The van der Waals surface area contributed by atoms with Crippen molar-refractivity contribution in [2.75, 3.05) is 11.4 Å². The van der Waals surface area contributed by atoms with Crippen LogP contribution < -0.4 is 4.90 Å². The Labute approximate surface area is 125 Å². The van der Waals surface area contributed by atoms with Crippen molar-refractivity contribution in [3.63, 3.8) is 0 Å². The zero-order valence-electron chi connectivity index (χ0n) is 12.6. The van der Waals surface area contributed by atoms with E-state index in [1.54, 1.807) is 0 Å². The van der Waals surface area contributed by atoms with Crippen LogP contribution in [0.1, 0.15) is 25.2 Å². The predicted molar refractivity (Wildman–Crippen MR) is 88.6 cm³/mol. The number of nitrogens with zero attached hydrogens (tertiary/aromatic N) is 2. The number of aryl methyl sites for hydroxylation is 1. The molecular weight excluding hydrogens is 258 g/mol. The third-order valence-electron chi connectivity index (χ3n) is 3.85. The highest BCUT2D eigenvalue weighted by atomic mass is 15.1. The molecule has 3 rings (SSSR count). The number of hydrogen-bond acceptors (Lipinski definition) is 2. The summed E-state index contributed by atoms with van der Waals surface area (Å²) in [7, 11) is 0. The number of aromatic nitrogens is 2. The molecule has 2 aromatic carbocycles. The first kappa shape index (κ1) is 13.7. The molecule has 0 atom stereocenters. The largest absolute Gasteiger partial charge is 0.364 e. The van der Waals surface area contributed by atoms with E-state index in [0.717, 1.165) is 36.4 Å². The molecule has 0 aliphatic rings. The maximum Gasteiger partial charge on any atom is 0.126 e. The van der Waals surface area contributed by atoms with E-state index in [0.29, 0.717) is 0 Å². The van der Waals surface area contributed by atoms with Crippen molar-refractivity contribution in [1.29, 1.82) is 0 Å². The summed E-state index contributed by atoms with van der Waals surface area (Å²) < 4.78 is 0. The summed E-state index contributed by atoms with van der Waals surface area (Å²) in [5.74, 6) is 1.02. The number of nitrogens with one attached hydrogen (secondary N) is 1. The molecule has 0 unspecified atom stereocenters. The molecule has 1 N–H and O–H groups in total. The van der Waals surface area contributed by atoms with Crippen molar-refractivity contribution in [2.24, 2.45) is 0 Å². The lowest BCUT2D eigenvalue weighted by atomic mass is 10.1. The van der Waals surface area contributed by atoms with Crippen molar-refractivity contribution in [2.45, 2.75) is 26.8 Å². The molecule has 0 saturated carbocycles. The Balaban J connectivity index is 1.86. The summed E-state index contributed by atoms with van der Waals surface area (Å²) >= 11 is 0. The van der Waals surface area contributed by atoms with Gasteiger partial charge < -0.3 is 9.88 Å². The summed E-state index contributed by atoms with van der Waals surface area (Å²) in [4.78, 5) is 10.5. The maximum atomic E-state index is 4.70. The van der Waals surface area contributed by atoms with Crippen LogP contribution in [0.3, 0.4) is 0 Å². The van der Waals surface area contributed by atoms with Gasteiger partial charge in [-0.25, -0.2) is 4.98 Å². The molecule has 108 valence electrons.